The summed E-state index contributed by atoms with van der Waals surface area (Å²) in [6, 6.07) is 23.1. The van der Waals surface area contributed by atoms with E-state index in [-0.39, 0.29) is 0 Å². The summed E-state index contributed by atoms with van der Waals surface area (Å²) in [5.41, 5.74) is 11.8. The lowest BCUT2D eigenvalue weighted by Crippen LogP contribution is -1.88. The summed E-state index contributed by atoms with van der Waals surface area (Å²) in [6.07, 6.45) is 6.97. The average Bonchev–Trinajstić information content (AvgIpc) is 3.46. The number of nitrogen functional groups attached to an aromatic ring is 1. The summed E-state index contributed by atoms with van der Waals surface area (Å²) in [4.78, 5) is 4.16. The first-order chi connectivity index (χ1) is 17.1. The van der Waals surface area contributed by atoms with E-state index in [9.17, 15) is 0 Å². The molecular weight excluding hydrogens is 436 g/mol. The van der Waals surface area contributed by atoms with Crippen LogP contribution in [0.25, 0.3) is 22.5 Å². The summed E-state index contributed by atoms with van der Waals surface area (Å²) < 4.78 is 10.3. The Morgan fingerprint density at radius 1 is 0.714 bits per heavy atom. The van der Waals surface area contributed by atoms with E-state index in [4.69, 9.17) is 21.2 Å². The quantitative estimate of drug-likeness (QED) is 0.343. The van der Waals surface area contributed by atoms with Crippen molar-refractivity contribution in [3.8, 4) is 46.7 Å². The van der Waals surface area contributed by atoms with Crippen LogP contribution in [0.5, 0.6) is 0 Å². The van der Waals surface area contributed by atoms with Gasteiger partial charge >= 0.3 is 0 Å². The molecule has 0 bridgehead atoms. The number of nitrogens with two attached hydrogens (primary N) is 1. The molecule has 2 aromatic carbocycles. The van der Waals surface area contributed by atoms with Crippen molar-refractivity contribution in [2.45, 2.75) is 13.8 Å². The van der Waals surface area contributed by atoms with Crippen LogP contribution in [-0.2, 0) is 0 Å². The van der Waals surface area contributed by atoms with E-state index in [2.05, 4.69) is 33.1 Å². The van der Waals surface area contributed by atoms with Crippen LogP contribution >= 0.6 is 0 Å². The zero-order valence-electron chi connectivity index (χ0n) is 19.3. The molecule has 170 valence electrons. The molecule has 0 atom stereocenters. The van der Waals surface area contributed by atoms with Gasteiger partial charge in [0.25, 0.3) is 0 Å². The number of hydrogen-bond acceptors (Lipinski definition) is 6. The molecule has 0 unspecified atom stereocenters. The Morgan fingerprint density at radius 3 is 1.77 bits per heavy atom. The Balaban J connectivity index is 0.000000179. The third kappa shape index (κ3) is 5.47. The number of terminal acetylenes is 1. The molecule has 0 aliphatic carbocycles. The maximum Gasteiger partial charge on any atom is 0.149 e. The first-order valence-electron chi connectivity index (χ1n) is 10.8. The molecular formula is C29H22N4O2. The SMILES string of the molecule is C#Cc1c(-c2ccccc2)noc1C.Cc1onc(-c2ccccc2)c1C#Cc1ccc(N)cn1. The topological polar surface area (TPSA) is 91.0 Å². The van der Waals surface area contributed by atoms with Crippen molar-refractivity contribution >= 4 is 5.69 Å². The first-order valence-corrected chi connectivity index (χ1v) is 10.8. The molecule has 0 aliphatic rings. The smallest absolute Gasteiger partial charge is 0.149 e. The van der Waals surface area contributed by atoms with Crippen LogP contribution in [0.3, 0.4) is 0 Å². The fraction of sp³-hybridized carbons (Fsp3) is 0.0690. The molecule has 6 heteroatoms. The van der Waals surface area contributed by atoms with Crippen molar-refractivity contribution in [3.05, 3.63) is 107 Å². The maximum absolute atomic E-state index is 5.61. The minimum Gasteiger partial charge on any atom is -0.397 e. The van der Waals surface area contributed by atoms with Crippen LogP contribution in [0.1, 0.15) is 28.3 Å². The third-order valence-electron chi connectivity index (χ3n) is 5.07. The molecule has 0 fully saturated rings. The summed E-state index contributed by atoms with van der Waals surface area (Å²) in [6.45, 7) is 3.66. The van der Waals surface area contributed by atoms with Crippen molar-refractivity contribution in [1.82, 2.24) is 15.3 Å². The molecule has 5 rings (SSSR count). The predicted molar refractivity (Wildman–Crippen MR) is 136 cm³/mol. The number of hydrogen-bond donors (Lipinski definition) is 1. The Kier molecular flexibility index (Phi) is 7.06. The lowest BCUT2D eigenvalue weighted by Gasteiger charge is -1.95. The molecule has 6 nitrogen and oxygen atoms in total. The highest BCUT2D eigenvalue weighted by molar-refractivity contribution is 5.68. The van der Waals surface area contributed by atoms with Gasteiger partial charge in [0.15, 0.2) is 0 Å². The average molecular weight is 459 g/mol. The molecule has 5 aromatic rings. The zero-order valence-corrected chi connectivity index (χ0v) is 19.3. The number of aryl methyl sites for hydroxylation is 2. The molecule has 0 saturated heterocycles. The third-order valence-corrected chi connectivity index (χ3v) is 5.07. The molecule has 0 saturated carbocycles. The van der Waals surface area contributed by atoms with Gasteiger partial charge in [-0.15, -0.1) is 6.42 Å². The number of anilines is 1. The maximum atomic E-state index is 5.61. The predicted octanol–water partition coefficient (Wildman–Crippen LogP) is 5.66. The van der Waals surface area contributed by atoms with Gasteiger partial charge in [-0.2, -0.15) is 0 Å². The van der Waals surface area contributed by atoms with Gasteiger partial charge in [-0.05, 0) is 31.9 Å². The fourth-order valence-corrected chi connectivity index (χ4v) is 3.25. The largest absolute Gasteiger partial charge is 0.397 e. The van der Waals surface area contributed by atoms with Crippen LogP contribution in [0, 0.1) is 38.0 Å². The van der Waals surface area contributed by atoms with E-state index in [0.717, 1.165) is 33.6 Å². The van der Waals surface area contributed by atoms with Gasteiger partial charge in [0.05, 0.1) is 23.0 Å². The summed E-state index contributed by atoms with van der Waals surface area (Å²) in [5, 5.41) is 8.03. The molecule has 3 aromatic heterocycles. The second kappa shape index (κ2) is 10.7. The molecule has 3 heterocycles. The number of pyridine rings is 1. The molecule has 0 amide bonds. The van der Waals surface area contributed by atoms with Crippen LogP contribution in [-0.4, -0.2) is 15.3 Å². The molecule has 0 radical (unpaired) electrons. The van der Waals surface area contributed by atoms with E-state index < -0.39 is 0 Å². The Bertz CT molecular complexity index is 1520. The van der Waals surface area contributed by atoms with E-state index >= 15 is 0 Å². The standard InChI is InChI=1S/C17H13N3O.C12H9NO/c1-12-16(10-9-15-8-7-14(18)11-19-15)17(20-21-12)13-5-3-2-4-6-13;1-3-11-9(2)14-13-12(11)10-7-5-4-6-8-10/h2-8,11H,18H2,1H3;1,4-8H,2H3. The highest BCUT2D eigenvalue weighted by Crippen LogP contribution is 2.25. The fourth-order valence-electron chi connectivity index (χ4n) is 3.25. The minimum atomic E-state index is 0.617. The summed E-state index contributed by atoms with van der Waals surface area (Å²) in [5.74, 6) is 10.1. The number of rotatable bonds is 2. The Morgan fingerprint density at radius 2 is 1.26 bits per heavy atom. The number of aromatic nitrogens is 3. The first kappa shape index (κ1) is 23.1. The van der Waals surface area contributed by atoms with Crippen molar-refractivity contribution in [3.63, 3.8) is 0 Å². The second-order valence-corrected chi connectivity index (χ2v) is 7.53. The minimum absolute atomic E-state index is 0.617. The molecule has 0 aliphatic heterocycles. The molecule has 0 spiro atoms. The zero-order chi connectivity index (χ0) is 24.6. The van der Waals surface area contributed by atoms with Crippen LogP contribution < -0.4 is 5.73 Å². The van der Waals surface area contributed by atoms with E-state index in [1.807, 2.05) is 74.5 Å². The van der Waals surface area contributed by atoms with Gasteiger partial charge in [-0.1, -0.05) is 82.8 Å². The van der Waals surface area contributed by atoms with Gasteiger partial charge in [0.2, 0.25) is 0 Å². The van der Waals surface area contributed by atoms with Crippen LogP contribution in [0.15, 0.2) is 88.0 Å². The summed E-state index contributed by atoms with van der Waals surface area (Å²) >= 11 is 0. The highest BCUT2D eigenvalue weighted by atomic mass is 16.5. The van der Waals surface area contributed by atoms with Crippen LogP contribution in [0.4, 0.5) is 5.69 Å². The van der Waals surface area contributed by atoms with Crippen molar-refractivity contribution in [2.75, 3.05) is 5.73 Å². The van der Waals surface area contributed by atoms with Gasteiger partial charge < -0.3 is 14.8 Å². The van der Waals surface area contributed by atoms with E-state index in [1.165, 1.54) is 0 Å². The number of nitrogens with zero attached hydrogens (tertiary/aromatic N) is 3. The van der Waals surface area contributed by atoms with Gasteiger partial charge in [0.1, 0.15) is 28.6 Å². The highest BCUT2D eigenvalue weighted by Gasteiger charge is 2.13. The Hall–Kier alpha value is -5.07. The van der Waals surface area contributed by atoms with Crippen molar-refractivity contribution in [2.24, 2.45) is 0 Å². The normalized spacial score (nSPS) is 9.86. The van der Waals surface area contributed by atoms with Crippen LogP contribution in [0.2, 0.25) is 0 Å². The number of benzene rings is 2. The van der Waals surface area contributed by atoms with Crippen molar-refractivity contribution in [1.29, 1.82) is 0 Å². The van der Waals surface area contributed by atoms with Crippen molar-refractivity contribution < 1.29 is 9.05 Å². The van der Waals surface area contributed by atoms with Gasteiger partial charge in [-0.3, -0.25) is 0 Å². The monoisotopic (exact) mass is 458 g/mol. The van der Waals surface area contributed by atoms with E-state index in [1.54, 1.807) is 18.3 Å². The summed E-state index contributed by atoms with van der Waals surface area (Å²) in [7, 11) is 0. The van der Waals surface area contributed by atoms with Gasteiger partial charge in [-0.25, -0.2) is 4.98 Å². The van der Waals surface area contributed by atoms with Gasteiger partial charge in [0, 0.05) is 11.1 Å². The Labute approximate surface area is 203 Å². The van der Waals surface area contributed by atoms with E-state index in [0.29, 0.717) is 22.9 Å². The molecule has 2 N–H and O–H groups in total. The second-order valence-electron chi connectivity index (χ2n) is 7.53. The lowest BCUT2D eigenvalue weighted by molar-refractivity contribution is 0.399. The lowest BCUT2D eigenvalue weighted by atomic mass is 10.1. The molecule has 35 heavy (non-hydrogen) atoms.